The number of carboxylic acid groups (broad SMARTS) is 1. The average Bonchev–Trinajstić information content (AvgIpc) is 2.91. The van der Waals surface area contributed by atoms with Crippen LogP contribution in [-0.4, -0.2) is 57.9 Å². The van der Waals surface area contributed by atoms with Gasteiger partial charge in [0.15, 0.2) is 0 Å². The molecule has 4 N–H and O–H groups in total. The number of carbonyl (C=O) groups excluding carboxylic acids is 2. The summed E-state index contributed by atoms with van der Waals surface area (Å²) in [5.41, 5.74) is 5.70. The summed E-state index contributed by atoms with van der Waals surface area (Å²) in [5.74, 6) is -1.87. The van der Waals surface area contributed by atoms with Crippen LogP contribution in [0.2, 0.25) is 0 Å². The van der Waals surface area contributed by atoms with Gasteiger partial charge in [-0.05, 0) is 12.1 Å². The van der Waals surface area contributed by atoms with Gasteiger partial charge in [-0.3, -0.25) is 14.6 Å². The van der Waals surface area contributed by atoms with Gasteiger partial charge in [-0.1, -0.05) is 0 Å². The Labute approximate surface area is 120 Å². The van der Waals surface area contributed by atoms with E-state index in [2.05, 4.69) is 10.3 Å². The molecule has 1 aliphatic heterocycles. The predicted octanol–water partition coefficient (Wildman–Crippen LogP) is -1.18. The molecule has 2 heterocycles. The minimum atomic E-state index is -1.10. The molecule has 0 spiro atoms. The Kier molecular flexibility index (Phi) is 4.49. The summed E-state index contributed by atoms with van der Waals surface area (Å²) in [6.07, 6.45) is 3.15. The van der Waals surface area contributed by atoms with Gasteiger partial charge in [-0.15, -0.1) is 0 Å². The molecule has 0 bridgehead atoms. The zero-order chi connectivity index (χ0) is 15.4. The summed E-state index contributed by atoms with van der Waals surface area (Å²) in [6, 6.07) is 1.75. The molecule has 2 amide bonds. The number of carboxylic acids is 1. The van der Waals surface area contributed by atoms with E-state index < -0.39 is 24.0 Å². The number of likely N-dealkylation sites (tertiary alicyclic amines) is 1. The van der Waals surface area contributed by atoms with Crippen LogP contribution in [0.25, 0.3) is 0 Å². The standard InChI is InChI=1S/C13H16N4O4/c14-6-11(18)17-7-9(5-10(17)13(20)21)16-12(19)8-1-3-15-4-2-8/h1-4,9-10H,5-7,14H2,(H,16,19)(H,20,21). The van der Waals surface area contributed by atoms with Gasteiger partial charge in [0.1, 0.15) is 6.04 Å². The smallest absolute Gasteiger partial charge is 0.326 e. The largest absolute Gasteiger partial charge is 0.480 e. The predicted molar refractivity (Wildman–Crippen MR) is 72.3 cm³/mol. The zero-order valence-corrected chi connectivity index (χ0v) is 11.2. The first-order chi connectivity index (χ1) is 10.0. The molecular weight excluding hydrogens is 276 g/mol. The second-order valence-electron chi connectivity index (χ2n) is 4.75. The van der Waals surface area contributed by atoms with Crippen LogP contribution < -0.4 is 11.1 Å². The van der Waals surface area contributed by atoms with Crippen molar-refractivity contribution in [2.24, 2.45) is 5.73 Å². The van der Waals surface area contributed by atoms with Crippen molar-refractivity contribution in [2.75, 3.05) is 13.1 Å². The van der Waals surface area contributed by atoms with Crippen LogP contribution in [0.15, 0.2) is 24.5 Å². The van der Waals surface area contributed by atoms with Crippen LogP contribution in [0.3, 0.4) is 0 Å². The quantitative estimate of drug-likeness (QED) is 0.641. The van der Waals surface area contributed by atoms with E-state index in [1.807, 2.05) is 0 Å². The van der Waals surface area contributed by atoms with E-state index in [0.717, 1.165) is 0 Å². The number of hydrogen-bond donors (Lipinski definition) is 3. The van der Waals surface area contributed by atoms with E-state index in [1.165, 1.54) is 17.3 Å². The van der Waals surface area contributed by atoms with Crippen molar-refractivity contribution in [3.8, 4) is 0 Å². The summed E-state index contributed by atoms with van der Waals surface area (Å²) < 4.78 is 0. The van der Waals surface area contributed by atoms with E-state index in [4.69, 9.17) is 10.8 Å². The van der Waals surface area contributed by atoms with Crippen LogP contribution in [-0.2, 0) is 9.59 Å². The summed E-state index contributed by atoms with van der Waals surface area (Å²) in [6.45, 7) is -0.112. The molecule has 2 unspecified atom stereocenters. The number of pyridine rings is 1. The Morgan fingerprint density at radius 3 is 2.62 bits per heavy atom. The van der Waals surface area contributed by atoms with Gasteiger partial charge in [0, 0.05) is 37.0 Å². The van der Waals surface area contributed by atoms with Gasteiger partial charge in [0.05, 0.1) is 6.54 Å². The Bertz CT molecular complexity index is 548. The number of nitrogens with one attached hydrogen (secondary N) is 1. The Morgan fingerprint density at radius 1 is 1.38 bits per heavy atom. The molecule has 1 aliphatic rings. The zero-order valence-electron chi connectivity index (χ0n) is 11.2. The van der Waals surface area contributed by atoms with E-state index in [9.17, 15) is 14.4 Å². The molecule has 21 heavy (non-hydrogen) atoms. The summed E-state index contributed by atoms with van der Waals surface area (Å²) in [5, 5.41) is 11.9. The lowest BCUT2D eigenvalue weighted by Gasteiger charge is -2.20. The molecule has 0 radical (unpaired) electrons. The van der Waals surface area contributed by atoms with E-state index >= 15 is 0 Å². The van der Waals surface area contributed by atoms with E-state index in [-0.39, 0.29) is 25.4 Å². The number of amides is 2. The number of hydrogen-bond acceptors (Lipinski definition) is 5. The minimum absolute atomic E-state index is 0.143. The second-order valence-corrected chi connectivity index (χ2v) is 4.75. The highest BCUT2D eigenvalue weighted by atomic mass is 16.4. The molecule has 112 valence electrons. The normalized spacial score (nSPS) is 21.1. The Morgan fingerprint density at radius 2 is 2.05 bits per heavy atom. The molecular formula is C13H16N4O4. The summed E-state index contributed by atoms with van der Waals surface area (Å²) in [4.78, 5) is 39.8. The fraction of sp³-hybridized carbons (Fsp3) is 0.385. The topological polar surface area (TPSA) is 126 Å². The van der Waals surface area contributed by atoms with Crippen molar-refractivity contribution in [2.45, 2.75) is 18.5 Å². The van der Waals surface area contributed by atoms with Crippen molar-refractivity contribution < 1.29 is 19.5 Å². The highest BCUT2D eigenvalue weighted by Crippen LogP contribution is 2.18. The molecule has 0 saturated carbocycles. The third-order valence-electron chi connectivity index (χ3n) is 3.36. The molecule has 1 aromatic rings. The average molecular weight is 292 g/mol. The van der Waals surface area contributed by atoms with Crippen molar-refractivity contribution >= 4 is 17.8 Å². The number of rotatable bonds is 4. The number of carbonyl (C=O) groups is 3. The number of aromatic nitrogens is 1. The van der Waals surface area contributed by atoms with Crippen LogP contribution in [0, 0.1) is 0 Å². The van der Waals surface area contributed by atoms with E-state index in [0.29, 0.717) is 5.56 Å². The van der Waals surface area contributed by atoms with Gasteiger partial charge in [-0.25, -0.2) is 4.79 Å². The Hall–Kier alpha value is -2.48. The molecule has 2 rings (SSSR count). The Balaban J connectivity index is 2.04. The third-order valence-corrected chi connectivity index (χ3v) is 3.36. The van der Waals surface area contributed by atoms with Gasteiger partial charge in [0.2, 0.25) is 5.91 Å². The molecule has 0 aromatic carbocycles. The molecule has 8 heteroatoms. The van der Waals surface area contributed by atoms with Gasteiger partial charge in [0.25, 0.3) is 5.91 Å². The first kappa shape index (κ1) is 14.9. The first-order valence-corrected chi connectivity index (χ1v) is 6.46. The fourth-order valence-corrected chi connectivity index (χ4v) is 2.34. The molecule has 1 fully saturated rings. The molecule has 8 nitrogen and oxygen atoms in total. The van der Waals surface area contributed by atoms with Gasteiger partial charge in [-0.2, -0.15) is 0 Å². The monoisotopic (exact) mass is 292 g/mol. The van der Waals surface area contributed by atoms with Crippen LogP contribution in [0.5, 0.6) is 0 Å². The number of nitrogens with two attached hydrogens (primary N) is 1. The van der Waals surface area contributed by atoms with Gasteiger partial charge >= 0.3 is 5.97 Å². The maximum absolute atomic E-state index is 12.0. The van der Waals surface area contributed by atoms with Crippen molar-refractivity contribution in [3.63, 3.8) is 0 Å². The summed E-state index contributed by atoms with van der Waals surface area (Å²) >= 11 is 0. The molecule has 1 aromatic heterocycles. The minimum Gasteiger partial charge on any atom is -0.480 e. The summed E-state index contributed by atoms with van der Waals surface area (Å²) in [7, 11) is 0. The van der Waals surface area contributed by atoms with Crippen molar-refractivity contribution in [1.29, 1.82) is 0 Å². The fourth-order valence-electron chi connectivity index (χ4n) is 2.34. The van der Waals surface area contributed by atoms with Crippen molar-refractivity contribution in [3.05, 3.63) is 30.1 Å². The lowest BCUT2D eigenvalue weighted by atomic mass is 10.1. The highest BCUT2D eigenvalue weighted by Gasteiger charge is 2.39. The third kappa shape index (κ3) is 3.34. The molecule has 0 aliphatic carbocycles. The molecule has 1 saturated heterocycles. The van der Waals surface area contributed by atoms with Crippen LogP contribution >= 0.6 is 0 Å². The van der Waals surface area contributed by atoms with Gasteiger partial charge < -0.3 is 21.1 Å². The van der Waals surface area contributed by atoms with E-state index in [1.54, 1.807) is 12.1 Å². The highest BCUT2D eigenvalue weighted by molar-refractivity contribution is 5.94. The molecule has 2 atom stereocenters. The first-order valence-electron chi connectivity index (χ1n) is 6.46. The SMILES string of the molecule is NCC(=O)N1CC(NC(=O)c2ccncc2)CC1C(=O)O. The lowest BCUT2D eigenvalue weighted by Crippen LogP contribution is -2.44. The van der Waals surface area contributed by atoms with Crippen LogP contribution in [0.4, 0.5) is 0 Å². The maximum atomic E-state index is 12.0. The number of aliphatic carboxylic acids is 1. The van der Waals surface area contributed by atoms with Crippen LogP contribution in [0.1, 0.15) is 16.8 Å². The lowest BCUT2D eigenvalue weighted by molar-refractivity contribution is -0.147. The number of nitrogens with zero attached hydrogens (tertiary/aromatic N) is 2. The maximum Gasteiger partial charge on any atom is 0.326 e. The van der Waals surface area contributed by atoms with Crippen molar-refractivity contribution in [1.82, 2.24) is 15.2 Å². The second kappa shape index (κ2) is 6.31.